The predicted molar refractivity (Wildman–Crippen MR) is 100.0 cm³/mol. The molecule has 1 amide bonds. The van der Waals surface area contributed by atoms with Crippen LogP contribution < -0.4 is 5.32 Å². The van der Waals surface area contributed by atoms with Crippen molar-refractivity contribution >= 4 is 15.9 Å². The number of sulfonamides is 1. The topological polar surface area (TPSA) is 69.7 Å². The number of carbonyl (C=O) groups is 1. The van der Waals surface area contributed by atoms with Crippen molar-refractivity contribution < 1.29 is 13.2 Å². The van der Waals surface area contributed by atoms with Gasteiger partial charge in [-0.1, -0.05) is 29.8 Å². The number of nitrogens with one attached hydrogen (secondary N) is 1. The fourth-order valence-corrected chi connectivity index (χ4v) is 4.34. The monoisotopic (exact) mass is 367 g/mol. The highest BCUT2D eigenvalue weighted by Crippen LogP contribution is 2.10. The molecule has 0 radical (unpaired) electrons. The van der Waals surface area contributed by atoms with Crippen molar-refractivity contribution in [3.05, 3.63) is 35.4 Å². The zero-order valence-corrected chi connectivity index (χ0v) is 16.2. The third-order valence-electron chi connectivity index (χ3n) is 4.48. The standard InChI is InChI=1S/C18H29N3O3S/c1-15(2)21(18(22)14-17-6-4-16(3)5-7-17)12-13-25(23,24)20-10-8-19-9-11-20/h4-7,15,19H,8-14H2,1-3H3. The Morgan fingerprint density at radius 1 is 1.20 bits per heavy atom. The van der Waals surface area contributed by atoms with Gasteiger partial charge in [0.15, 0.2) is 0 Å². The molecule has 6 nitrogen and oxygen atoms in total. The first-order chi connectivity index (χ1) is 11.8. The van der Waals surface area contributed by atoms with Crippen molar-refractivity contribution in [2.75, 3.05) is 38.5 Å². The Labute approximate surface area is 151 Å². The van der Waals surface area contributed by atoms with E-state index in [0.29, 0.717) is 32.6 Å². The van der Waals surface area contributed by atoms with Crippen LogP contribution in [-0.4, -0.2) is 68.0 Å². The Morgan fingerprint density at radius 2 is 1.80 bits per heavy atom. The fourth-order valence-electron chi connectivity index (χ4n) is 2.92. The molecular formula is C18H29N3O3S. The summed E-state index contributed by atoms with van der Waals surface area (Å²) >= 11 is 0. The number of benzene rings is 1. The molecule has 0 aromatic heterocycles. The van der Waals surface area contributed by atoms with E-state index >= 15 is 0 Å². The molecule has 7 heteroatoms. The summed E-state index contributed by atoms with van der Waals surface area (Å²) in [4.78, 5) is 14.3. The van der Waals surface area contributed by atoms with Gasteiger partial charge in [-0.15, -0.1) is 0 Å². The van der Waals surface area contributed by atoms with Crippen LogP contribution in [-0.2, 0) is 21.2 Å². The summed E-state index contributed by atoms with van der Waals surface area (Å²) in [7, 11) is -3.32. The van der Waals surface area contributed by atoms with Crippen LogP contribution in [0.4, 0.5) is 0 Å². The summed E-state index contributed by atoms with van der Waals surface area (Å²) in [5, 5.41) is 3.15. The maximum absolute atomic E-state index is 12.6. The van der Waals surface area contributed by atoms with Gasteiger partial charge in [-0.05, 0) is 26.3 Å². The average Bonchev–Trinajstić information content (AvgIpc) is 2.57. The SMILES string of the molecule is Cc1ccc(CC(=O)N(CCS(=O)(=O)N2CCNCC2)C(C)C)cc1. The number of nitrogens with zero attached hydrogens (tertiary/aromatic N) is 2. The maximum Gasteiger partial charge on any atom is 0.227 e. The quantitative estimate of drug-likeness (QED) is 0.781. The van der Waals surface area contributed by atoms with Gasteiger partial charge in [-0.25, -0.2) is 8.42 Å². The Morgan fingerprint density at radius 3 is 2.36 bits per heavy atom. The van der Waals surface area contributed by atoms with Crippen molar-refractivity contribution in [3.8, 4) is 0 Å². The van der Waals surface area contributed by atoms with Gasteiger partial charge in [0.05, 0.1) is 12.2 Å². The number of piperazine rings is 1. The molecule has 0 aliphatic carbocycles. The number of hydrogen-bond donors (Lipinski definition) is 1. The van der Waals surface area contributed by atoms with Gasteiger partial charge < -0.3 is 10.2 Å². The second kappa shape index (κ2) is 8.78. The molecule has 1 heterocycles. The van der Waals surface area contributed by atoms with Crippen LogP contribution in [0.3, 0.4) is 0 Å². The lowest BCUT2D eigenvalue weighted by Crippen LogP contribution is -2.49. The lowest BCUT2D eigenvalue weighted by molar-refractivity contribution is -0.131. The summed E-state index contributed by atoms with van der Waals surface area (Å²) in [6.45, 7) is 8.44. The summed E-state index contributed by atoms with van der Waals surface area (Å²) in [5.41, 5.74) is 2.10. The third kappa shape index (κ3) is 5.80. The van der Waals surface area contributed by atoms with Crippen LogP contribution in [0.1, 0.15) is 25.0 Å². The molecule has 0 unspecified atom stereocenters. The van der Waals surface area contributed by atoms with E-state index in [9.17, 15) is 13.2 Å². The lowest BCUT2D eigenvalue weighted by atomic mass is 10.1. The van der Waals surface area contributed by atoms with E-state index in [1.165, 1.54) is 4.31 Å². The Kier molecular flexibility index (Phi) is 6.98. The van der Waals surface area contributed by atoms with Crippen molar-refractivity contribution in [2.24, 2.45) is 0 Å². The van der Waals surface area contributed by atoms with Gasteiger partial charge >= 0.3 is 0 Å². The molecule has 1 aromatic rings. The summed E-state index contributed by atoms with van der Waals surface area (Å²) in [5.74, 6) is -0.0560. The zero-order valence-electron chi connectivity index (χ0n) is 15.4. The molecule has 0 saturated carbocycles. The molecule has 2 rings (SSSR count). The van der Waals surface area contributed by atoms with E-state index in [-0.39, 0.29) is 24.2 Å². The zero-order chi connectivity index (χ0) is 18.4. The molecular weight excluding hydrogens is 338 g/mol. The van der Waals surface area contributed by atoms with Gasteiger partial charge in [0.25, 0.3) is 0 Å². The van der Waals surface area contributed by atoms with E-state index < -0.39 is 10.0 Å². The summed E-state index contributed by atoms with van der Waals surface area (Å²) < 4.78 is 26.5. The highest BCUT2D eigenvalue weighted by molar-refractivity contribution is 7.89. The second-order valence-electron chi connectivity index (χ2n) is 6.81. The normalized spacial score (nSPS) is 16.2. The lowest BCUT2D eigenvalue weighted by Gasteiger charge is -2.30. The Balaban J connectivity index is 1.97. The number of carbonyl (C=O) groups excluding carboxylic acids is 1. The minimum absolute atomic E-state index is 0.0230. The molecule has 0 bridgehead atoms. The van der Waals surface area contributed by atoms with Crippen LogP contribution >= 0.6 is 0 Å². The number of rotatable bonds is 7. The van der Waals surface area contributed by atoms with Crippen LogP contribution in [0, 0.1) is 6.92 Å². The van der Waals surface area contributed by atoms with Gasteiger partial charge in [0.1, 0.15) is 0 Å². The first-order valence-corrected chi connectivity index (χ1v) is 10.4. The van der Waals surface area contributed by atoms with Gasteiger partial charge in [-0.3, -0.25) is 4.79 Å². The minimum atomic E-state index is -3.32. The van der Waals surface area contributed by atoms with E-state index in [1.54, 1.807) is 4.90 Å². The molecule has 25 heavy (non-hydrogen) atoms. The molecule has 1 fully saturated rings. The second-order valence-corrected chi connectivity index (χ2v) is 8.90. The van der Waals surface area contributed by atoms with Crippen molar-refractivity contribution in [3.63, 3.8) is 0 Å². The van der Waals surface area contributed by atoms with Crippen LogP contribution in [0.15, 0.2) is 24.3 Å². The Bertz CT molecular complexity index is 665. The van der Waals surface area contributed by atoms with Crippen molar-refractivity contribution in [1.82, 2.24) is 14.5 Å². The third-order valence-corrected chi connectivity index (χ3v) is 6.33. The van der Waals surface area contributed by atoms with Crippen LogP contribution in [0.25, 0.3) is 0 Å². The van der Waals surface area contributed by atoms with Gasteiger partial charge in [0.2, 0.25) is 15.9 Å². The van der Waals surface area contributed by atoms with Crippen molar-refractivity contribution in [1.29, 1.82) is 0 Å². The molecule has 1 N–H and O–H groups in total. The van der Waals surface area contributed by atoms with E-state index in [2.05, 4.69) is 5.32 Å². The highest BCUT2D eigenvalue weighted by Gasteiger charge is 2.26. The number of aryl methyl sites for hydroxylation is 1. The van der Waals surface area contributed by atoms with E-state index in [0.717, 1.165) is 11.1 Å². The molecule has 0 atom stereocenters. The molecule has 1 saturated heterocycles. The number of hydrogen-bond acceptors (Lipinski definition) is 4. The largest absolute Gasteiger partial charge is 0.339 e. The molecule has 1 aliphatic rings. The van der Waals surface area contributed by atoms with Crippen LogP contribution in [0.2, 0.25) is 0 Å². The van der Waals surface area contributed by atoms with Crippen LogP contribution in [0.5, 0.6) is 0 Å². The van der Waals surface area contributed by atoms with Gasteiger partial charge in [-0.2, -0.15) is 4.31 Å². The smallest absolute Gasteiger partial charge is 0.227 e. The summed E-state index contributed by atoms with van der Waals surface area (Å²) in [6.07, 6.45) is 0.298. The Hall–Kier alpha value is -1.44. The molecule has 1 aliphatic heterocycles. The maximum atomic E-state index is 12.6. The fraction of sp³-hybridized carbons (Fsp3) is 0.611. The van der Waals surface area contributed by atoms with E-state index in [4.69, 9.17) is 0 Å². The molecule has 140 valence electrons. The number of amides is 1. The van der Waals surface area contributed by atoms with Gasteiger partial charge in [0, 0.05) is 38.8 Å². The van der Waals surface area contributed by atoms with E-state index in [1.807, 2.05) is 45.0 Å². The predicted octanol–water partition coefficient (Wildman–Crippen LogP) is 1.01. The molecule has 0 spiro atoms. The highest BCUT2D eigenvalue weighted by atomic mass is 32.2. The first-order valence-electron chi connectivity index (χ1n) is 8.83. The first kappa shape index (κ1) is 19.9. The molecule has 1 aromatic carbocycles. The average molecular weight is 368 g/mol. The summed E-state index contributed by atoms with van der Waals surface area (Å²) in [6, 6.07) is 7.83. The van der Waals surface area contributed by atoms with Crippen molar-refractivity contribution in [2.45, 2.75) is 33.2 Å². The minimum Gasteiger partial charge on any atom is -0.339 e.